The molecule has 1 aliphatic heterocycles. The number of benzene rings is 2. The third-order valence-electron chi connectivity index (χ3n) is 5.96. The maximum atomic E-state index is 13.2. The molecule has 182 valence electrons. The molecule has 1 aliphatic rings. The predicted octanol–water partition coefficient (Wildman–Crippen LogP) is 2.91. The summed E-state index contributed by atoms with van der Waals surface area (Å²) in [5.74, 6) is 0.186. The van der Waals surface area contributed by atoms with Crippen LogP contribution in [0.2, 0.25) is 0 Å². The van der Waals surface area contributed by atoms with Crippen molar-refractivity contribution in [2.45, 2.75) is 19.4 Å². The molecular weight excluding hydrogens is 446 g/mol. The van der Waals surface area contributed by atoms with Crippen molar-refractivity contribution in [3.63, 3.8) is 0 Å². The van der Waals surface area contributed by atoms with Crippen LogP contribution < -0.4 is 10.1 Å². The zero-order valence-corrected chi connectivity index (χ0v) is 19.7. The van der Waals surface area contributed by atoms with Gasteiger partial charge in [-0.3, -0.25) is 14.4 Å². The summed E-state index contributed by atoms with van der Waals surface area (Å²) in [6.45, 7) is 2.51. The largest absolute Gasteiger partial charge is 0.496 e. The Bertz CT molecular complexity index is 1180. The Morgan fingerprint density at radius 2 is 1.74 bits per heavy atom. The number of hydrogen-bond donors (Lipinski definition) is 1. The summed E-state index contributed by atoms with van der Waals surface area (Å²) in [4.78, 5) is 46.1. The zero-order valence-electron chi connectivity index (χ0n) is 19.7. The highest BCUT2D eigenvalue weighted by molar-refractivity contribution is 5.98. The maximum Gasteiger partial charge on any atom is 0.257 e. The van der Waals surface area contributed by atoms with E-state index in [9.17, 15) is 14.4 Å². The molecule has 9 nitrogen and oxygen atoms in total. The molecule has 0 spiro atoms. The van der Waals surface area contributed by atoms with Crippen molar-refractivity contribution in [3.8, 4) is 5.75 Å². The van der Waals surface area contributed by atoms with Crippen LogP contribution in [0.25, 0.3) is 0 Å². The van der Waals surface area contributed by atoms with Crippen LogP contribution in [0.5, 0.6) is 5.75 Å². The van der Waals surface area contributed by atoms with Crippen LogP contribution >= 0.6 is 0 Å². The second-order valence-electron chi connectivity index (χ2n) is 8.32. The molecule has 0 atom stereocenters. The first-order valence-corrected chi connectivity index (χ1v) is 11.6. The minimum Gasteiger partial charge on any atom is -0.496 e. The molecule has 3 aromatic rings. The van der Waals surface area contributed by atoms with E-state index >= 15 is 0 Å². The van der Waals surface area contributed by atoms with E-state index in [1.807, 2.05) is 16.7 Å². The van der Waals surface area contributed by atoms with Crippen molar-refractivity contribution in [3.05, 3.63) is 78.4 Å². The number of hydrogen-bond acceptors (Lipinski definition) is 5. The highest BCUT2D eigenvalue weighted by Gasteiger charge is 2.25. The number of methoxy groups -OCH3 is 1. The highest BCUT2D eigenvalue weighted by atomic mass is 16.5. The van der Waals surface area contributed by atoms with Crippen molar-refractivity contribution < 1.29 is 19.1 Å². The summed E-state index contributed by atoms with van der Waals surface area (Å²) in [6.07, 6.45) is 6.12. The van der Waals surface area contributed by atoms with E-state index in [1.165, 1.54) is 0 Å². The lowest BCUT2D eigenvalue weighted by molar-refractivity contribution is -0.116. The molecule has 0 bridgehead atoms. The fourth-order valence-electron chi connectivity index (χ4n) is 4.10. The zero-order chi connectivity index (χ0) is 24.6. The van der Waals surface area contributed by atoms with Gasteiger partial charge >= 0.3 is 0 Å². The molecule has 1 saturated heterocycles. The van der Waals surface area contributed by atoms with Crippen LogP contribution in [0.3, 0.4) is 0 Å². The van der Waals surface area contributed by atoms with E-state index in [4.69, 9.17) is 4.74 Å². The molecule has 35 heavy (non-hydrogen) atoms. The van der Waals surface area contributed by atoms with Crippen molar-refractivity contribution in [2.24, 2.45) is 0 Å². The van der Waals surface area contributed by atoms with Crippen molar-refractivity contribution >= 4 is 23.4 Å². The monoisotopic (exact) mass is 475 g/mol. The number of nitrogens with zero attached hydrogens (tertiary/aromatic N) is 4. The third kappa shape index (κ3) is 6.06. The van der Waals surface area contributed by atoms with Gasteiger partial charge in [-0.1, -0.05) is 18.2 Å². The number of aromatic nitrogens is 2. The molecule has 0 aliphatic carbocycles. The van der Waals surface area contributed by atoms with E-state index in [2.05, 4.69) is 10.3 Å². The number of carbonyl (C=O) groups excluding carboxylic acids is 3. The van der Waals surface area contributed by atoms with E-state index in [1.54, 1.807) is 72.0 Å². The topological polar surface area (TPSA) is 96.8 Å². The second-order valence-corrected chi connectivity index (χ2v) is 8.32. The van der Waals surface area contributed by atoms with Gasteiger partial charge in [0.15, 0.2) is 0 Å². The predicted molar refractivity (Wildman–Crippen MR) is 131 cm³/mol. The first kappa shape index (κ1) is 24.0. The Morgan fingerprint density at radius 1 is 0.971 bits per heavy atom. The van der Waals surface area contributed by atoms with E-state index in [0.29, 0.717) is 68.1 Å². The van der Waals surface area contributed by atoms with Crippen molar-refractivity contribution in [1.29, 1.82) is 0 Å². The summed E-state index contributed by atoms with van der Waals surface area (Å²) in [6, 6.07) is 14.1. The fraction of sp³-hybridized carbons (Fsp3) is 0.308. The van der Waals surface area contributed by atoms with Crippen LogP contribution in [0.4, 0.5) is 5.69 Å². The van der Waals surface area contributed by atoms with Crippen molar-refractivity contribution in [1.82, 2.24) is 19.4 Å². The van der Waals surface area contributed by atoms with Crippen molar-refractivity contribution in [2.75, 3.05) is 38.6 Å². The quantitative estimate of drug-likeness (QED) is 0.567. The minimum atomic E-state index is -0.136. The van der Waals surface area contributed by atoms with Gasteiger partial charge in [0.2, 0.25) is 5.91 Å². The second kappa shape index (κ2) is 11.3. The number of carbonyl (C=O) groups is 3. The fourth-order valence-corrected chi connectivity index (χ4v) is 4.10. The molecule has 3 amide bonds. The number of anilines is 1. The van der Waals surface area contributed by atoms with Crippen LogP contribution in [0.1, 0.15) is 33.6 Å². The summed E-state index contributed by atoms with van der Waals surface area (Å²) >= 11 is 0. The van der Waals surface area contributed by atoms with Gasteiger partial charge < -0.3 is 24.4 Å². The molecule has 1 N–H and O–H groups in total. The maximum absolute atomic E-state index is 13.2. The number of imidazole rings is 1. The van der Waals surface area contributed by atoms with E-state index < -0.39 is 0 Å². The van der Waals surface area contributed by atoms with E-state index in [0.717, 1.165) is 0 Å². The Morgan fingerprint density at radius 3 is 2.49 bits per heavy atom. The highest BCUT2D eigenvalue weighted by Crippen LogP contribution is 2.21. The van der Waals surface area contributed by atoms with Gasteiger partial charge in [-0.15, -0.1) is 0 Å². The SMILES string of the molecule is COc1ccccc1C(=O)N1CCCN(C(=O)c2cccc(NC(=O)CCn3ccnc3)c2)CC1. The number of amides is 3. The van der Waals surface area contributed by atoms with Crippen LogP contribution in [-0.2, 0) is 11.3 Å². The summed E-state index contributed by atoms with van der Waals surface area (Å²) in [7, 11) is 1.55. The van der Waals surface area contributed by atoms with Gasteiger partial charge in [-0.05, 0) is 36.8 Å². The minimum absolute atomic E-state index is 0.0999. The smallest absolute Gasteiger partial charge is 0.257 e. The molecule has 0 unspecified atom stereocenters. The summed E-state index contributed by atoms with van der Waals surface area (Å²) in [5, 5.41) is 2.86. The number of ether oxygens (including phenoxy) is 1. The van der Waals surface area contributed by atoms with Crippen LogP contribution in [0.15, 0.2) is 67.3 Å². The number of aryl methyl sites for hydroxylation is 1. The Labute approximate surface area is 204 Å². The first-order valence-electron chi connectivity index (χ1n) is 11.6. The lowest BCUT2D eigenvalue weighted by Crippen LogP contribution is -2.37. The van der Waals surface area contributed by atoms with Crippen LogP contribution in [0, 0.1) is 0 Å². The lowest BCUT2D eigenvalue weighted by Gasteiger charge is -2.23. The standard InChI is InChI=1S/C26H29N5O4/c1-35-23-9-3-2-8-22(23)26(34)31-13-5-12-30(16-17-31)25(33)20-6-4-7-21(18-20)28-24(32)10-14-29-15-11-27-19-29/h2-4,6-9,11,15,18-19H,5,10,12-14,16-17H2,1H3,(H,28,32). The van der Waals surface area contributed by atoms with Crippen LogP contribution in [-0.4, -0.2) is 70.4 Å². The number of para-hydroxylation sites is 1. The normalized spacial score (nSPS) is 13.7. The van der Waals surface area contributed by atoms with Gasteiger partial charge in [0.1, 0.15) is 5.75 Å². The lowest BCUT2D eigenvalue weighted by atomic mass is 10.1. The first-order chi connectivity index (χ1) is 17.0. The molecule has 1 aromatic heterocycles. The molecule has 1 fully saturated rings. The average Bonchev–Trinajstić information content (AvgIpc) is 3.29. The molecule has 2 heterocycles. The number of rotatable bonds is 7. The Kier molecular flexibility index (Phi) is 7.77. The van der Waals surface area contributed by atoms with Gasteiger partial charge in [-0.2, -0.15) is 0 Å². The van der Waals surface area contributed by atoms with Gasteiger partial charge in [0.05, 0.1) is 19.0 Å². The molecular formula is C26H29N5O4. The van der Waals surface area contributed by atoms with Gasteiger partial charge in [0.25, 0.3) is 11.8 Å². The van der Waals surface area contributed by atoms with Gasteiger partial charge in [-0.25, -0.2) is 4.98 Å². The Balaban J connectivity index is 1.35. The molecule has 0 saturated carbocycles. The third-order valence-corrected chi connectivity index (χ3v) is 5.96. The number of nitrogens with one attached hydrogen (secondary N) is 1. The average molecular weight is 476 g/mol. The Hall–Kier alpha value is -4.14. The molecule has 9 heteroatoms. The van der Waals surface area contributed by atoms with Gasteiger partial charge in [0, 0.05) is 62.8 Å². The molecule has 0 radical (unpaired) electrons. The molecule has 4 rings (SSSR count). The summed E-state index contributed by atoms with van der Waals surface area (Å²) < 4.78 is 7.17. The summed E-state index contributed by atoms with van der Waals surface area (Å²) in [5.41, 5.74) is 1.60. The van der Waals surface area contributed by atoms with E-state index in [-0.39, 0.29) is 17.7 Å². The molecule has 2 aromatic carbocycles.